The lowest BCUT2D eigenvalue weighted by atomic mass is 10.1. The number of fused-ring (bicyclic) bond motifs is 1. The summed E-state index contributed by atoms with van der Waals surface area (Å²) >= 11 is 1.62. The molecule has 0 spiro atoms. The lowest BCUT2D eigenvalue weighted by Crippen LogP contribution is -2.30. The molecule has 0 aliphatic rings. The first-order valence-corrected chi connectivity index (χ1v) is 8.56. The van der Waals surface area contributed by atoms with Crippen molar-refractivity contribution in [2.24, 2.45) is 5.73 Å². The van der Waals surface area contributed by atoms with Crippen molar-refractivity contribution < 1.29 is 9.59 Å². The number of benzene rings is 2. The number of amides is 2. The number of nitrogens with two attached hydrogens (primary N) is 1. The zero-order valence-electron chi connectivity index (χ0n) is 13.7. The van der Waals surface area contributed by atoms with Gasteiger partial charge in [0.15, 0.2) is 0 Å². The average molecular weight is 354 g/mol. The quantitative estimate of drug-likeness (QED) is 0.712. The number of nitrogens with one attached hydrogen (secondary N) is 1. The number of nitrogens with zero attached hydrogens (tertiary/aromatic N) is 2. The van der Waals surface area contributed by atoms with Crippen LogP contribution in [-0.4, -0.2) is 35.3 Å². The summed E-state index contributed by atoms with van der Waals surface area (Å²) in [4.78, 5) is 30.1. The normalized spacial score (nSPS) is 11.0. The number of carbonyl (C=O) groups is 2. The molecule has 0 saturated heterocycles. The van der Waals surface area contributed by atoms with Crippen molar-refractivity contribution in [2.75, 3.05) is 18.9 Å². The van der Waals surface area contributed by atoms with Crippen molar-refractivity contribution in [3.8, 4) is 0 Å². The molecule has 7 heteroatoms. The van der Waals surface area contributed by atoms with Gasteiger partial charge in [0, 0.05) is 0 Å². The highest BCUT2D eigenvalue weighted by Gasteiger charge is 2.13. The van der Waals surface area contributed by atoms with Crippen LogP contribution in [-0.2, 0) is 11.3 Å². The Morgan fingerprint density at radius 3 is 2.64 bits per heavy atom. The number of primary amides is 1. The van der Waals surface area contributed by atoms with Crippen molar-refractivity contribution >= 4 is 39.1 Å². The molecule has 0 fully saturated rings. The number of rotatable bonds is 6. The van der Waals surface area contributed by atoms with Crippen molar-refractivity contribution in [3.05, 3.63) is 59.1 Å². The van der Waals surface area contributed by atoms with E-state index in [2.05, 4.69) is 10.3 Å². The molecule has 0 aliphatic carbocycles. The monoisotopic (exact) mass is 354 g/mol. The minimum atomic E-state index is -0.571. The molecule has 6 nitrogen and oxygen atoms in total. The third-order valence-corrected chi connectivity index (χ3v) is 4.64. The molecule has 128 valence electrons. The molecule has 2 aromatic carbocycles. The summed E-state index contributed by atoms with van der Waals surface area (Å²) in [6, 6.07) is 14.6. The molecule has 0 unspecified atom stereocenters. The summed E-state index contributed by atoms with van der Waals surface area (Å²) in [6.45, 7) is 0.757. The lowest BCUT2D eigenvalue weighted by molar-refractivity contribution is -0.117. The van der Waals surface area contributed by atoms with Crippen LogP contribution in [0.2, 0.25) is 0 Å². The van der Waals surface area contributed by atoms with Gasteiger partial charge in [-0.05, 0) is 31.3 Å². The molecular weight excluding hydrogens is 336 g/mol. The summed E-state index contributed by atoms with van der Waals surface area (Å²) in [5.74, 6) is -0.781. The van der Waals surface area contributed by atoms with Gasteiger partial charge < -0.3 is 11.1 Å². The van der Waals surface area contributed by atoms with Crippen LogP contribution < -0.4 is 11.1 Å². The molecule has 1 aromatic heterocycles. The van der Waals surface area contributed by atoms with Gasteiger partial charge in [0.2, 0.25) is 5.91 Å². The second-order valence-electron chi connectivity index (χ2n) is 5.71. The van der Waals surface area contributed by atoms with Gasteiger partial charge in [-0.2, -0.15) is 0 Å². The number of likely N-dealkylation sites (N-methyl/N-ethyl adjacent to an activating group) is 1. The largest absolute Gasteiger partial charge is 0.366 e. The predicted molar refractivity (Wildman–Crippen MR) is 99.5 cm³/mol. The van der Waals surface area contributed by atoms with Crippen molar-refractivity contribution in [2.45, 2.75) is 6.54 Å². The number of anilines is 1. The van der Waals surface area contributed by atoms with Gasteiger partial charge in [-0.25, -0.2) is 4.98 Å². The first-order valence-electron chi connectivity index (χ1n) is 7.74. The smallest absolute Gasteiger partial charge is 0.250 e. The van der Waals surface area contributed by atoms with Gasteiger partial charge in [0.05, 0.1) is 34.6 Å². The number of hydrogen-bond acceptors (Lipinski definition) is 5. The van der Waals surface area contributed by atoms with E-state index < -0.39 is 5.91 Å². The summed E-state index contributed by atoms with van der Waals surface area (Å²) in [6.07, 6.45) is 0. The molecule has 3 aromatic rings. The Bertz CT molecular complexity index is 889. The SMILES string of the molecule is CN(CC(=O)Nc1ccccc1C(N)=O)Cc1nc2ccccc2s1. The highest BCUT2D eigenvalue weighted by atomic mass is 32.1. The van der Waals surface area contributed by atoms with Gasteiger partial charge in [-0.3, -0.25) is 14.5 Å². The Morgan fingerprint density at radius 1 is 1.16 bits per heavy atom. The first-order chi connectivity index (χ1) is 12.0. The Labute approximate surface area is 149 Å². The Hall–Kier alpha value is -2.77. The number of thiazole rings is 1. The fourth-order valence-electron chi connectivity index (χ4n) is 2.52. The van der Waals surface area contributed by atoms with Gasteiger partial charge in [-0.1, -0.05) is 24.3 Å². The number of para-hydroxylation sites is 2. The van der Waals surface area contributed by atoms with Crippen LogP contribution in [0.1, 0.15) is 15.4 Å². The van der Waals surface area contributed by atoms with E-state index in [4.69, 9.17) is 5.73 Å². The van der Waals surface area contributed by atoms with Crippen LogP contribution in [0.15, 0.2) is 48.5 Å². The average Bonchev–Trinajstić information content (AvgIpc) is 2.96. The van der Waals surface area contributed by atoms with Gasteiger partial charge in [-0.15, -0.1) is 11.3 Å². The Kier molecular flexibility index (Phi) is 5.06. The van der Waals surface area contributed by atoms with Crippen LogP contribution in [0.5, 0.6) is 0 Å². The topological polar surface area (TPSA) is 88.3 Å². The van der Waals surface area contributed by atoms with Crippen molar-refractivity contribution in [1.82, 2.24) is 9.88 Å². The fourth-order valence-corrected chi connectivity index (χ4v) is 3.56. The molecule has 0 radical (unpaired) electrons. The van der Waals surface area contributed by atoms with E-state index in [9.17, 15) is 9.59 Å². The van der Waals surface area contributed by atoms with E-state index in [1.165, 1.54) is 0 Å². The number of aromatic nitrogens is 1. The van der Waals surface area contributed by atoms with E-state index in [1.807, 2.05) is 36.2 Å². The molecule has 0 aliphatic heterocycles. The third-order valence-electron chi connectivity index (χ3n) is 3.62. The van der Waals surface area contributed by atoms with Crippen molar-refractivity contribution in [3.63, 3.8) is 0 Å². The molecular formula is C18H18N4O2S. The lowest BCUT2D eigenvalue weighted by Gasteiger charge is -2.15. The van der Waals surface area contributed by atoms with Crippen LogP contribution in [0, 0.1) is 0 Å². The van der Waals surface area contributed by atoms with Gasteiger partial charge >= 0.3 is 0 Å². The molecule has 1 heterocycles. The Morgan fingerprint density at radius 2 is 1.88 bits per heavy atom. The van der Waals surface area contributed by atoms with Gasteiger partial charge in [0.1, 0.15) is 5.01 Å². The van der Waals surface area contributed by atoms with Crippen LogP contribution >= 0.6 is 11.3 Å². The van der Waals surface area contributed by atoms with Crippen molar-refractivity contribution in [1.29, 1.82) is 0 Å². The van der Waals surface area contributed by atoms with Crippen LogP contribution in [0.25, 0.3) is 10.2 Å². The number of carbonyl (C=O) groups excluding carboxylic acids is 2. The molecule has 0 atom stereocenters. The molecule has 25 heavy (non-hydrogen) atoms. The standard InChI is InChI=1S/C18H18N4O2S/c1-22(11-17-21-14-8-4-5-9-15(14)25-17)10-16(23)20-13-7-3-2-6-12(13)18(19)24/h2-9H,10-11H2,1H3,(H2,19,24)(H,20,23). The van der Waals surface area contributed by atoms with E-state index in [0.29, 0.717) is 17.8 Å². The van der Waals surface area contributed by atoms with Crippen LogP contribution in [0.4, 0.5) is 5.69 Å². The number of hydrogen-bond donors (Lipinski definition) is 2. The van der Waals surface area contributed by atoms with E-state index in [0.717, 1.165) is 15.2 Å². The first kappa shape index (κ1) is 17.1. The predicted octanol–water partition coefficient (Wildman–Crippen LogP) is 2.47. The second kappa shape index (κ2) is 7.42. The fraction of sp³-hybridized carbons (Fsp3) is 0.167. The maximum Gasteiger partial charge on any atom is 0.250 e. The zero-order valence-corrected chi connectivity index (χ0v) is 14.5. The Balaban J connectivity index is 1.62. The third kappa shape index (κ3) is 4.20. The van der Waals surface area contributed by atoms with Gasteiger partial charge in [0.25, 0.3) is 5.91 Å². The summed E-state index contributed by atoms with van der Waals surface area (Å²) in [7, 11) is 1.85. The maximum absolute atomic E-state index is 12.2. The summed E-state index contributed by atoms with van der Waals surface area (Å²) in [5.41, 5.74) is 7.01. The van der Waals surface area contributed by atoms with E-state index in [1.54, 1.807) is 35.6 Å². The summed E-state index contributed by atoms with van der Waals surface area (Å²) < 4.78 is 1.13. The molecule has 2 amide bonds. The molecule has 3 rings (SSSR count). The van der Waals surface area contributed by atoms with E-state index in [-0.39, 0.29) is 12.5 Å². The highest BCUT2D eigenvalue weighted by Crippen LogP contribution is 2.22. The molecule has 3 N–H and O–H groups in total. The van der Waals surface area contributed by atoms with E-state index >= 15 is 0 Å². The second-order valence-corrected chi connectivity index (χ2v) is 6.82. The maximum atomic E-state index is 12.2. The summed E-state index contributed by atoms with van der Waals surface area (Å²) in [5, 5.41) is 3.69. The van der Waals surface area contributed by atoms with Crippen LogP contribution in [0.3, 0.4) is 0 Å². The molecule has 0 saturated carbocycles. The highest BCUT2D eigenvalue weighted by molar-refractivity contribution is 7.18. The zero-order chi connectivity index (χ0) is 17.8. The molecule has 0 bridgehead atoms. The minimum absolute atomic E-state index is 0.184. The minimum Gasteiger partial charge on any atom is -0.366 e.